The molecule has 2 aromatic carbocycles. The Balaban J connectivity index is 0.000000301. The van der Waals surface area contributed by atoms with Crippen LogP contribution in [0.1, 0.15) is 58.5 Å². The van der Waals surface area contributed by atoms with Crippen molar-refractivity contribution in [2.75, 3.05) is 0 Å². The zero-order valence-corrected chi connectivity index (χ0v) is 18.4. The van der Waals surface area contributed by atoms with Crippen molar-refractivity contribution in [3.8, 4) is 0 Å². The van der Waals surface area contributed by atoms with E-state index >= 15 is 0 Å². The largest absolute Gasteiger partial charge is 2.00 e. The van der Waals surface area contributed by atoms with Crippen LogP contribution in [0.5, 0.6) is 0 Å². The molecule has 2 aliphatic heterocycles. The van der Waals surface area contributed by atoms with Crippen molar-refractivity contribution in [1.29, 1.82) is 10.8 Å². The molecular formula is C22H22CuN6O3. The standard InChI is InChI=1S/2C11H11N3O.Cu.H2O/c2*1-2-9(12)13-10-7-5-3-4-6-8(7)11(15)14-10;;/h2*3-6H,2H2,1H3,(H2,12,13,14,15);;1H2/q;;+2;/p-2. The first-order chi connectivity index (χ1) is 14.4. The number of aliphatic imine (C=N–C) groups is 2. The van der Waals surface area contributed by atoms with Gasteiger partial charge in [0.1, 0.15) is 0 Å². The molecule has 4 rings (SSSR count). The maximum absolute atomic E-state index is 11.4. The van der Waals surface area contributed by atoms with Gasteiger partial charge in [0, 0.05) is 22.8 Å². The first-order valence-corrected chi connectivity index (χ1v) is 9.47. The topological polar surface area (TPSA) is 166 Å². The predicted octanol–water partition coefficient (Wildman–Crippen LogP) is 3.87. The number of nitrogens with one attached hydrogen (secondary N) is 2. The maximum atomic E-state index is 11.4. The molecule has 10 heteroatoms. The molecule has 169 valence electrons. The normalized spacial score (nSPS) is 15.3. The van der Waals surface area contributed by atoms with Crippen LogP contribution in [-0.4, -0.2) is 40.6 Å². The Morgan fingerprint density at radius 1 is 0.719 bits per heavy atom. The zero-order valence-electron chi connectivity index (χ0n) is 17.4. The van der Waals surface area contributed by atoms with Crippen LogP contribution in [0.4, 0.5) is 0 Å². The average molecular weight is 482 g/mol. The van der Waals surface area contributed by atoms with Gasteiger partial charge in [0.25, 0.3) is 0 Å². The van der Waals surface area contributed by atoms with Crippen LogP contribution in [0.3, 0.4) is 0 Å². The molecule has 2 amide bonds. The summed E-state index contributed by atoms with van der Waals surface area (Å²) in [6.45, 7) is 3.68. The molecule has 2 aromatic rings. The van der Waals surface area contributed by atoms with Gasteiger partial charge in [0.15, 0.2) is 11.8 Å². The minimum absolute atomic E-state index is 0. The predicted molar refractivity (Wildman–Crippen MR) is 121 cm³/mol. The van der Waals surface area contributed by atoms with Gasteiger partial charge < -0.3 is 36.9 Å². The van der Waals surface area contributed by atoms with E-state index in [1.165, 1.54) is 0 Å². The molecule has 0 aliphatic carbocycles. The Kier molecular flexibility index (Phi) is 9.80. The van der Waals surface area contributed by atoms with Crippen molar-refractivity contribution in [1.82, 2.24) is 0 Å². The van der Waals surface area contributed by atoms with Gasteiger partial charge in [0.2, 0.25) is 0 Å². The van der Waals surface area contributed by atoms with E-state index in [-0.39, 0.29) is 46.0 Å². The fraction of sp³-hybridized carbons (Fsp3) is 0.182. The van der Waals surface area contributed by atoms with Gasteiger partial charge >= 0.3 is 17.1 Å². The second kappa shape index (κ2) is 11.8. The molecule has 0 unspecified atom stereocenters. The van der Waals surface area contributed by atoms with E-state index in [4.69, 9.17) is 10.8 Å². The van der Waals surface area contributed by atoms with E-state index in [0.29, 0.717) is 35.6 Å². The minimum Gasteiger partial charge on any atom is -0.424 e. The van der Waals surface area contributed by atoms with Gasteiger partial charge in [-0.15, -0.1) is 0 Å². The first kappa shape index (κ1) is 26.6. The van der Waals surface area contributed by atoms with E-state index in [2.05, 4.69) is 20.6 Å². The van der Waals surface area contributed by atoms with Crippen LogP contribution >= 0.6 is 0 Å². The van der Waals surface area contributed by atoms with Gasteiger partial charge in [-0.2, -0.15) is 0 Å². The minimum atomic E-state index is -0.270. The Labute approximate surface area is 196 Å². The Hall–Kier alpha value is -3.46. The maximum Gasteiger partial charge on any atom is 2.00 e. The molecule has 0 bridgehead atoms. The second-order valence-electron chi connectivity index (χ2n) is 6.40. The van der Waals surface area contributed by atoms with E-state index in [9.17, 15) is 9.59 Å². The third kappa shape index (κ3) is 5.82. The van der Waals surface area contributed by atoms with Crippen LogP contribution in [0, 0.1) is 10.8 Å². The second-order valence-corrected chi connectivity index (χ2v) is 6.40. The van der Waals surface area contributed by atoms with Gasteiger partial charge in [-0.1, -0.05) is 62.4 Å². The number of amides is 2. The smallest absolute Gasteiger partial charge is 0.424 e. The molecule has 0 spiro atoms. The molecule has 4 N–H and O–H groups in total. The van der Waals surface area contributed by atoms with Crippen molar-refractivity contribution in [2.24, 2.45) is 9.98 Å². The number of hydrogen-bond donors (Lipinski definition) is 2. The summed E-state index contributed by atoms with van der Waals surface area (Å²) in [7, 11) is 0. The van der Waals surface area contributed by atoms with E-state index in [1.54, 1.807) is 36.4 Å². The molecule has 0 saturated heterocycles. The number of benzene rings is 2. The molecule has 32 heavy (non-hydrogen) atoms. The SMILES string of the molecule is CCC(=N)N=C1[N-]C(=O)c2ccccc21.CCC(=N)N=C1[N-]C(=O)c2ccccc21.O.[Cu+2]. The number of carbonyl (C=O) groups is 2. The van der Waals surface area contributed by atoms with Crippen molar-refractivity contribution in [3.63, 3.8) is 0 Å². The molecule has 0 aromatic heterocycles. The Morgan fingerprint density at radius 2 is 1.03 bits per heavy atom. The van der Waals surface area contributed by atoms with Crippen molar-refractivity contribution < 1.29 is 32.1 Å². The van der Waals surface area contributed by atoms with Crippen molar-refractivity contribution >= 4 is 35.2 Å². The van der Waals surface area contributed by atoms with Crippen molar-refractivity contribution in [2.45, 2.75) is 26.7 Å². The van der Waals surface area contributed by atoms with E-state index in [1.807, 2.05) is 26.0 Å². The van der Waals surface area contributed by atoms with E-state index in [0.717, 1.165) is 11.1 Å². The molecule has 0 fully saturated rings. The van der Waals surface area contributed by atoms with Crippen LogP contribution in [0.15, 0.2) is 58.5 Å². The van der Waals surface area contributed by atoms with E-state index < -0.39 is 0 Å². The summed E-state index contributed by atoms with van der Waals surface area (Å²) in [6.07, 6.45) is 1.07. The number of rotatable bonds is 2. The summed E-state index contributed by atoms with van der Waals surface area (Å²) in [5, 5.41) is 22.5. The molecule has 2 heterocycles. The number of nitrogens with zero attached hydrogens (tertiary/aromatic N) is 4. The molecule has 0 atom stereocenters. The van der Waals surface area contributed by atoms with Gasteiger partial charge in [-0.05, 0) is 35.6 Å². The van der Waals surface area contributed by atoms with Crippen LogP contribution in [0.25, 0.3) is 10.6 Å². The monoisotopic (exact) mass is 481 g/mol. The molecule has 1 radical (unpaired) electrons. The fourth-order valence-electron chi connectivity index (χ4n) is 2.75. The third-order valence-corrected chi connectivity index (χ3v) is 4.36. The van der Waals surface area contributed by atoms with Gasteiger partial charge in [0.05, 0.1) is 0 Å². The first-order valence-electron chi connectivity index (χ1n) is 9.47. The Morgan fingerprint density at radius 3 is 1.34 bits per heavy atom. The summed E-state index contributed by atoms with van der Waals surface area (Å²) < 4.78 is 0. The summed E-state index contributed by atoms with van der Waals surface area (Å²) in [5.74, 6) is 0.655. The van der Waals surface area contributed by atoms with Crippen LogP contribution in [-0.2, 0) is 17.1 Å². The van der Waals surface area contributed by atoms with Gasteiger partial charge in [-0.25, -0.2) is 0 Å². The number of amidine groups is 4. The number of hydrogen-bond acceptors (Lipinski definition) is 4. The average Bonchev–Trinajstić information content (AvgIpc) is 3.25. The summed E-state index contributed by atoms with van der Waals surface area (Å²) >= 11 is 0. The summed E-state index contributed by atoms with van der Waals surface area (Å²) in [6, 6.07) is 14.3. The Bertz CT molecular complexity index is 1020. The molecule has 0 saturated carbocycles. The van der Waals surface area contributed by atoms with Crippen molar-refractivity contribution in [3.05, 3.63) is 81.4 Å². The van der Waals surface area contributed by atoms with Crippen LogP contribution in [0.2, 0.25) is 0 Å². The third-order valence-electron chi connectivity index (χ3n) is 4.36. The number of carbonyl (C=O) groups excluding carboxylic acids is 2. The zero-order chi connectivity index (χ0) is 21.7. The fourth-order valence-corrected chi connectivity index (χ4v) is 2.75. The summed E-state index contributed by atoms with van der Waals surface area (Å²) in [5.41, 5.74) is 2.58. The molecule has 2 aliphatic rings. The quantitative estimate of drug-likeness (QED) is 0.377. The number of fused-ring (bicyclic) bond motifs is 2. The summed E-state index contributed by atoms with van der Waals surface area (Å²) in [4.78, 5) is 30.9. The van der Waals surface area contributed by atoms with Gasteiger partial charge in [-0.3, -0.25) is 9.59 Å². The molecular weight excluding hydrogens is 460 g/mol. The van der Waals surface area contributed by atoms with Crippen LogP contribution < -0.4 is 0 Å². The molecule has 9 nitrogen and oxygen atoms in total.